The molecule has 6 heteroatoms. The van der Waals surface area contributed by atoms with E-state index in [9.17, 15) is 4.79 Å². The molecule has 88 valence electrons. The summed E-state index contributed by atoms with van der Waals surface area (Å²) in [6.45, 7) is 0. The number of methoxy groups -OCH3 is 1. The van der Waals surface area contributed by atoms with Gasteiger partial charge >= 0.3 is 0 Å². The van der Waals surface area contributed by atoms with E-state index in [2.05, 4.69) is 20.5 Å². The number of benzene rings is 1. The number of para-hydroxylation sites is 1. The molecule has 1 aromatic carbocycles. The van der Waals surface area contributed by atoms with Gasteiger partial charge in [-0.3, -0.25) is 9.89 Å². The maximum absolute atomic E-state index is 11.3. The summed E-state index contributed by atoms with van der Waals surface area (Å²) in [7, 11) is 3.11. The van der Waals surface area contributed by atoms with Crippen LogP contribution in [0.4, 0.5) is 0 Å². The zero-order valence-corrected chi connectivity index (χ0v) is 9.52. The normalized spacial score (nSPS) is 10.0. The first-order valence-electron chi connectivity index (χ1n) is 5.04. The average molecular weight is 232 g/mol. The number of aromatic nitrogens is 3. The van der Waals surface area contributed by atoms with Crippen LogP contribution in [-0.4, -0.2) is 35.2 Å². The molecule has 0 spiro atoms. The van der Waals surface area contributed by atoms with Gasteiger partial charge in [0.05, 0.1) is 12.7 Å². The molecule has 1 amide bonds. The lowest BCUT2D eigenvalue weighted by Gasteiger charge is -2.03. The molecule has 2 rings (SSSR count). The Morgan fingerprint density at radius 2 is 2.18 bits per heavy atom. The van der Waals surface area contributed by atoms with Gasteiger partial charge in [-0.15, -0.1) is 0 Å². The number of carbonyl (C=O) groups is 1. The average Bonchev–Trinajstić information content (AvgIpc) is 2.87. The number of hydrogen-bond acceptors (Lipinski definition) is 4. The third kappa shape index (κ3) is 2.10. The van der Waals surface area contributed by atoms with Crippen LogP contribution in [0.2, 0.25) is 0 Å². The first-order valence-corrected chi connectivity index (χ1v) is 5.04. The molecule has 0 aliphatic heterocycles. The Morgan fingerprint density at radius 1 is 1.41 bits per heavy atom. The summed E-state index contributed by atoms with van der Waals surface area (Å²) in [5.74, 6) is 0.961. The molecule has 0 bridgehead atoms. The molecule has 0 saturated carbocycles. The fraction of sp³-hybridized carbons (Fsp3) is 0.182. The van der Waals surface area contributed by atoms with E-state index in [-0.39, 0.29) is 11.7 Å². The van der Waals surface area contributed by atoms with E-state index >= 15 is 0 Å². The lowest BCUT2D eigenvalue weighted by Crippen LogP contribution is -2.19. The van der Waals surface area contributed by atoms with Crippen molar-refractivity contribution >= 4 is 5.91 Å². The van der Waals surface area contributed by atoms with Crippen molar-refractivity contribution in [3.8, 4) is 17.1 Å². The Hall–Kier alpha value is -2.37. The molecule has 2 N–H and O–H groups in total. The second kappa shape index (κ2) is 4.65. The molecular weight excluding hydrogens is 220 g/mol. The number of H-pyrrole nitrogens is 1. The highest BCUT2D eigenvalue weighted by molar-refractivity contribution is 5.90. The largest absolute Gasteiger partial charge is 0.496 e. The lowest BCUT2D eigenvalue weighted by molar-refractivity contribution is 0.0953. The van der Waals surface area contributed by atoms with Crippen LogP contribution in [0.3, 0.4) is 0 Å². The van der Waals surface area contributed by atoms with Gasteiger partial charge in [0.1, 0.15) is 5.75 Å². The number of nitrogens with one attached hydrogen (secondary N) is 2. The van der Waals surface area contributed by atoms with Gasteiger partial charge < -0.3 is 10.1 Å². The highest BCUT2D eigenvalue weighted by Crippen LogP contribution is 2.26. The lowest BCUT2D eigenvalue weighted by atomic mass is 10.2. The van der Waals surface area contributed by atoms with Crippen LogP contribution in [0.5, 0.6) is 5.75 Å². The number of aromatic amines is 1. The van der Waals surface area contributed by atoms with Crippen LogP contribution in [0.15, 0.2) is 24.3 Å². The van der Waals surface area contributed by atoms with Crippen LogP contribution in [0.1, 0.15) is 10.6 Å². The number of amides is 1. The minimum atomic E-state index is -0.307. The zero-order chi connectivity index (χ0) is 12.3. The first kappa shape index (κ1) is 11.1. The van der Waals surface area contributed by atoms with Gasteiger partial charge in [-0.2, -0.15) is 5.10 Å². The second-order valence-electron chi connectivity index (χ2n) is 3.29. The summed E-state index contributed by atoms with van der Waals surface area (Å²) in [6, 6.07) is 7.35. The van der Waals surface area contributed by atoms with Crippen molar-refractivity contribution < 1.29 is 9.53 Å². The van der Waals surface area contributed by atoms with Gasteiger partial charge in [-0.1, -0.05) is 12.1 Å². The van der Waals surface area contributed by atoms with Crippen LogP contribution >= 0.6 is 0 Å². The Bertz CT molecular complexity index is 536. The third-order valence-corrected chi connectivity index (χ3v) is 2.28. The minimum absolute atomic E-state index is 0.174. The minimum Gasteiger partial charge on any atom is -0.496 e. The van der Waals surface area contributed by atoms with Crippen LogP contribution in [0, 0.1) is 0 Å². The van der Waals surface area contributed by atoms with E-state index in [4.69, 9.17) is 4.74 Å². The summed E-state index contributed by atoms with van der Waals surface area (Å²) < 4.78 is 5.20. The quantitative estimate of drug-likeness (QED) is 0.821. The third-order valence-electron chi connectivity index (χ3n) is 2.28. The van der Waals surface area contributed by atoms with Crippen molar-refractivity contribution in [3.05, 3.63) is 30.1 Å². The highest BCUT2D eigenvalue weighted by Gasteiger charge is 2.13. The Morgan fingerprint density at radius 3 is 2.88 bits per heavy atom. The van der Waals surface area contributed by atoms with Crippen molar-refractivity contribution in [1.82, 2.24) is 20.5 Å². The van der Waals surface area contributed by atoms with Crippen molar-refractivity contribution in [2.45, 2.75) is 0 Å². The van der Waals surface area contributed by atoms with E-state index in [1.807, 2.05) is 24.3 Å². The fourth-order valence-electron chi connectivity index (χ4n) is 1.43. The molecule has 6 nitrogen and oxygen atoms in total. The molecule has 0 atom stereocenters. The molecular formula is C11H12N4O2. The summed E-state index contributed by atoms with van der Waals surface area (Å²) in [4.78, 5) is 15.4. The molecule has 0 radical (unpaired) electrons. The molecule has 0 fully saturated rings. The van der Waals surface area contributed by atoms with Crippen molar-refractivity contribution in [2.24, 2.45) is 0 Å². The molecule has 17 heavy (non-hydrogen) atoms. The topological polar surface area (TPSA) is 79.9 Å². The van der Waals surface area contributed by atoms with Crippen LogP contribution < -0.4 is 10.1 Å². The Kier molecular flexibility index (Phi) is 3.04. The Balaban J connectivity index is 2.40. The molecule has 0 aliphatic rings. The summed E-state index contributed by atoms with van der Waals surface area (Å²) in [6.07, 6.45) is 0. The van der Waals surface area contributed by atoms with Gasteiger partial charge in [0.15, 0.2) is 5.82 Å². The Labute approximate surface area is 98.0 Å². The standard InChI is InChI=1S/C11H12N4O2/c1-12-11(16)10-13-9(14-15-10)7-5-3-4-6-8(7)17-2/h3-6H,1-2H3,(H,12,16)(H,13,14,15). The molecule has 0 unspecified atom stereocenters. The van der Waals surface area contributed by atoms with Crippen molar-refractivity contribution in [1.29, 1.82) is 0 Å². The maximum atomic E-state index is 11.3. The van der Waals surface area contributed by atoms with E-state index in [1.165, 1.54) is 7.05 Å². The molecule has 0 saturated heterocycles. The zero-order valence-electron chi connectivity index (χ0n) is 9.52. The van der Waals surface area contributed by atoms with E-state index in [0.29, 0.717) is 11.6 Å². The van der Waals surface area contributed by atoms with Gasteiger partial charge in [-0.05, 0) is 12.1 Å². The number of ether oxygens (including phenoxy) is 1. The predicted octanol–water partition coefficient (Wildman–Crippen LogP) is 0.840. The van der Waals surface area contributed by atoms with Crippen molar-refractivity contribution in [3.63, 3.8) is 0 Å². The predicted molar refractivity (Wildman–Crippen MR) is 61.8 cm³/mol. The number of hydrogen-bond donors (Lipinski definition) is 2. The molecule has 1 aromatic heterocycles. The maximum Gasteiger partial charge on any atom is 0.288 e. The summed E-state index contributed by atoms with van der Waals surface area (Å²) >= 11 is 0. The van der Waals surface area contributed by atoms with Gasteiger partial charge in [0, 0.05) is 7.05 Å². The highest BCUT2D eigenvalue weighted by atomic mass is 16.5. The van der Waals surface area contributed by atoms with Crippen molar-refractivity contribution in [2.75, 3.05) is 14.2 Å². The second-order valence-corrected chi connectivity index (χ2v) is 3.29. The SMILES string of the molecule is CNC(=O)c1nc(-c2ccccc2OC)n[nH]1. The van der Waals surface area contributed by atoms with Gasteiger partial charge in [0.2, 0.25) is 5.82 Å². The van der Waals surface area contributed by atoms with Crippen LogP contribution in [-0.2, 0) is 0 Å². The van der Waals surface area contributed by atoms with Gasteiger partial charge in [-0.25, -0.2) is 4.98 Å². The molecule has 2 aromatic rings. The van der Waals surface area contributed by atoms with E-state index < -0.39 is 0 Å². The monoisotopic (exact) mass is 232 g/mol. The fourth-order valence-corrected chi connectivity index (χ4v) is 1.43. The number of carbonyl (C=O) groups excluding carboxylic acids is 1. The molecule has 1 heterocycles. The van der Waals surface area contributed by atoms with E-state index in [1.54, 1.807) is 7.11 Å². The number of nitrogens with zero attached hydrogens (tertiary/aromatic N) is 2. The summed E-state index contributed by atoms with van der Waals surface area (Å²) in [5, 5.41) is 9.04. The van der Waals surface area contributed by atoms with E-state index in [0.717, 1.165) is 5.56 Å². The van der Waals surface area contributed by atoms with Gasteiger partial charge in [0.25, 0.3) is 5.91 Å². The smallest absolute Gasteiger partial charge is 0.288 e. The molecule has 0 aliphatic carbocycles. The number of rotatable bonds is 3. The first-order chi connectivity index (χ1) is 8.26. The summed E-state index contributed by atoms with van der Waals surface area (Å²) in [5.41, 5.74) is 0.737. The van der Waals surface area contributed by atoms with Crippen LogP contribution in [0.25, 0.3) is 11.4 Å².